The van der Waals surface area contributed by atoms with Gasteiger partial charge in [-0.05, 0) is 12.1 Å². The molecule has 0 unspecified atom stereocenters. The Hall–Kier alpha value is -2.91. The van der Waals surface area contributed by atoms with Crippen molar-refractivity contribution in [3.05, 3.63) is 57.9 Å². The van der Waals surface area contributed by atoms with E-state index in [1.165, 1.54) is 17.0 Å². The van der Waals surface area contributed by atoms with Gasteiger partial charge < -0.3 is 9.80 Å². The van der Waals surface area contributed by atoms with Crippen LogP contribution in [-0.2, 0) is 0 Å². The van der Waals surface area contributed by atoms with Crippen molar-refractivity contribution in [2.24, 2.45) is 0 Å². The van der Waals surface area contributed by atoms with Gasteiger partial charge in [-0.2, -0.15) is 22.5 Å². The van der Waals surface area contributed by atoms with E-state index in [-0.39, 0.29) is 18.8 Å². The zero-order valence-electron chi connectivity index (χ0n) is 12.8. The summed E-state index contributed by atoms with van der Waals surface area (Å²) in [7, 11) is 0. The molecule has 10 heteroatoms. The molecule has 0 bridgehead atoms. The van der Waals surface area contributed by atoms with E-state index in [2.05, 4.69) is 4.98 Å². The normalized spacial score (nSPS) is 14.7. The van der Waals surface area contributed by atoms with Crippen LogP contribution < -0.4 is 9.80 Å². The van der Waals surface area contributed by atoms with Crippen molar-refractivity contribution in [3.8, 4) is 0 Å². The molecule has 2 heterocycles. The molecule has 132 valence electrons. The Morgan fingerprint density at radius 2 is 1.36 bits per heavy atom. The molecule has 1 saturated heterocycles. The zero-order chi connectivity index (χ0) is 18.1. The fourth-order valence-corrected chi connectivity index (χ4v) is 2.73. The summed E-state index contributed by atoms with van der Waals surface area (Å²) in [5.41, 5.74) is -0.110. The third kappa shape index (κ3) is 3.19. The van der Waals surface area contributed by atoms with E-state index in [0.29, 0.717) is 18.8 Å². The molecular weight excluding hydrogens is 344 g/mol. The van der Waals surface area contributed by atoms with Gasteiger partial charge >= 0.3 is 0 Å². The molecular formula is C15H12F4N4O2. The van der Waals surface area contributed by atoms with Gasteiger partial charge in [0, 0.05) is 44.0 Å². The van der Waals surface area contributed by atoms with Gasteiger partial charge in [-0.15, -0.1) is 0 Å². The van der Waals surface area contributed by atoms with Gasteiger partial charge in [-0.1, -0.05) is 0 Å². The highest BCUT2D eigenvalue weighted by molar-refractivity contribution is 5.54. The lowest BCUT2D eigenvalue weighted by Gasteiger charge is -2.37. The quantitative estimate of drug-likeness (QED) is 0.366. The van der Waals surface area contributed by atoms with Gasteiger partial charge in [0.05, 0.1) is 4.92 Å². The minimum absolute atomic E-state index is 0.0470. The van der Waals surface area contributed by atoms with Gasteiger partial charge in [0.1, 0.15) is 5.69 Å². The zero-order valence-corrected chi connectivity index (χ0v) is 12.8. The van der Waals surface area contributed by atoms with Crippen LogP contribution in [0, 0.1) is 33.6 Å². The molecule has 0 radical (unpaired) electrons. The third-order valence-corrected chi connectivity index (χ3v) is 4.00. The van der Waals surface area contributed by atoms with Crippen LogP contribution in [0.2, 0.25) is 0 Å². The second kappa shape index (κ2) is 6.54. The molecule has 0 atom stereocenters. The molecule has 0 aliphatic carbocycles. The summed E-state index contributed by atoms with van der Waals surface area (Å²) in [6.07, 6.45) is 0. The molecule has 0 amide bonds. The molecule has 1 fully saturated rings. The Kier molecular flexibility index (Phi) is 4.43. The minimum Gasteiger partial charge on any atom is -0.368 e. The number of piperazine rings is 1. The molecule has 1 aliphatic heterocycles. The number of aromatic nitrogens is 1. The van der Waals surface area contributed by atoms with E-state index in [4.69, 9.17) is 0 Å². The molecule has 1 aliphatic rings. The lowest BCUT2D eigenvalue weighted by molar-refractivity contribution is -0.384. The van der Waals surface area contributed by atoms with Crippen LogP contribution >= 0.6 is 0 Å². The SMILES string of the molecule is O=[N+]([O-])c1ccc(N2CCN(c3c(F)c(F)nc(F)c3F)CC2)cc1. The molecule has 2 aromatic rings. The van der Waals surface area contributed by atoms with Crippen LogP contribution in [0.1, 0.15) is 0 Å². The number of nitrogens with zero attached hydrogens (tertiary/aromatic N) is 4. The highest BCUT2D eigenvalue weighted by Gasteiger charge is 2.28. The largest absolute Gasteiger partial charge is 0.368 e. The molecule has 0 spiro atoms. The van der Waals surface area contributed by atoms with Crippen LogP contribution in [0.4, 0.5) is 34.6 Å². The highest BCUT2D eigenvalue weighted by Crippen LogP contribution is 2.28. The maximum absolute atomic E-state index is 13.8. The van der Waals surface area contributed by atoms with Crippen LogP contribution in [0.15, 0.2) is 24.3 Å². The molecule has 6 nitrogen and oxygen atoms in total. The van der Waals surface area contributed by atoms with Crippen LogP contribution in [0.3, 0.4) is 0 Å². The van der Waals surface area contributed by atoms with Gasteiger partial charge in [-0.25, -0.2) is 0 Å². The molecule has 3 rings (SSSR count). The number of halogens is 4. The summed E-state index contributed by atoms with van der Waals surface area (Å²) in [6.45, 7) is 0.881. The number of nitro benzene ring substituents is 1. The van der Waals surface area contributed by atoms with E-state index in [0.717, 1.165) is 0 Å². The average Bonchev–Trinajstić information content (AvgIpc) is 2.61. The fraction of sp³-hybridized carbons (Fsp3) is 0.267. The van der Waals surface area contributed by atoms with E-state index >= 15 is 0 Å². The van der Waals surface area contributed by atoms with E-state index < -0.39 is 34.1 Å². The standard InChI is InChI=1S/C15H12F4N4O2/c16-11-13(12(17)15(19)20-14(11)18)22-7-5-21(6-8-22)9-1-3-10(4-2-9)23(24)25/h1-4H,5-8H2. The van der Waals surface area contributed by atoms with Gasteiger partial charge in [-0.3, -0.25) is 10.1 Å². The number of nitro groups is 1. The number of pyridine rings is 1. The number of hydrogen-bond donors (Lipinski definition) is 0. The van der Waals surface area contributed by atoms with Crippen molar-refractivity contribution in [1.82, 2.24) is 4.98 Å². The highest BCUT2D eigenvalue weighted by atomic mass is 19.2. The number of hydrogen-bond acceptors (Lipinski definition) is 5. The van der Waals surface area contributed by atoms with Crippen LogP contribution in [0.5, 0.6) is 0 Å². The van der Waals surface area contributed by atoms with E-state index in [9.17, 15) is 27.7 Å². The predicted octanol–water partition coefficient (Wildman–Crippen LogP) is 2.87. The maximum atomic E-state index is 13.8. The van der Waals surface area contributed by atoms with Crippen molar-refractivity contribution in [3.63, 3.8) is 0 Å². The maximum Gasteiger partial charge on any atom is 0.269 e. The Labute approximate surface area is 139 Å². The second-order valence-corrected chi connectivity index (χ2v) is 5.42. The Balaban J connectivity index is 1.75. The van der Waals surface area contributed by atoms with E-state index in [1.54, 1.807) is 12.1 Å². The lowest BCUT2D eigenvalue weighted by atomic mass is 10.2. The minimum atomic E-state index is -1.69. The fourth-order valence-electron chi connectivity index (χ4n) is 2.73. The Bertz CT molecular complexity index is 782. The summed E-state index contributed by atoms with van der Waals surface area (Å²) >= 11 is 0. The first kappa shape index (κ1) is 16.9. The smallest absolute Gasteiger partial charge is 0.269 e. The van der Waals surface area contributed by atoms with Crippen molar-refractivity contribution < 1.29 is 22.5 Å². The first-order chi connectivity index (χ1) is 11.9. The van der Waals surface area contributed by atoms with Crippen molar-refractivity contribution >= 4 is 17.1 Å². The summed E-state index contributed by atoms with van der Waals surface area (Å²) in [4.78, 5) is 15.7. The van der Waals surface area contributed by atoms with E-state index in [1.807, 2.05) is 4.90 Å². The van der Waals surface area contributed by atoms with Gasteiger partial charge in [0.2, 0.25) is 11.6 Å². The number of rotatable bonds is 3. The second-order valence-electron chi connectivity index (χ2n) is 5.42. The topological polar surface area (TPSA) is 62.5 Å². The van der Waals surface area contributed by atoms with Crippen LogP contribution in [-0.4, -0.2) is 36.1 Å². The Morgan fingerprint density at radius 3 is 1.84 bits per heavy atom. The third-order valence-electron chi connectivity index (χ3n) is 4.00. The number of benzene rings is 1. The molecule has 1 aromatic heterocycles. The lowest BCUT2D eigenvalue weighted by Crippen LogP contribution is -2.47. The van der Waals surface area contributed by atoms with Crippen molar-refractivity contribution in [2.45, 2.75) is 0 Å². The molecule has 0 saturated carbocycles. The average molecular weight is 356 g/mol. The molecule has 0 N–H and O–H groups in total. The van der Waals surface area contributed by atoms with Gasteiger partial charge in [0.25, 0.3) is 17.6 Å². The summed E-state index contributed by atoms with van der Waals surface area (Å²) in [6, 6.07) is 5.85. The molecule has 25 heavy (non-hydrogen) atoms. The van der Waals surface area contributed by atoms with Crippen LogP contribution in [0.25, 0.3) is 0 Å². The van der Waals surface area contributed by atoms with Gasteiger partial charge in [0.15, 0.2) is 0 Å². The molecule has 1 aromatic carbocycles. The summed E-state index contributed by atoms with van der Waals surface area (Å²) in [5, 5.41) is 10.7. The first-order valence-corrected chi connectivity index (χ1v) is 7.33. The summed E-state index contributed by atoms with van der Waals surface area (Å²) < 4.78 is 54.1. The number of anilines is 2. The predicted molar refractivity (Wildman–Crippen MR) is 81.6 cm³/mol. The Morgan fingerprint density at radius 1 is 0.880 bits per heavy atom. The monoisotopic (exact) mass is 356 g/mol. The first-order valence-electron chi connectivity index (χ1n) is 7.33. The van der Waals surface area contributed by atoms with Crippen molar-refractivity contribution in [1.29, 1.82) is 0 Å². The summed E-state index contributed by atoms with van der Waals surface area (Å²) in [5.74, 6) is -6.43. The number of non-ortho nitro benzene ring substituents is 1. The van der Waals surface area contributed by atoms with Crippen molar-refractivity contribution in [2.75, 3.05) is 36.0 Å².